The van der Waals surface area contributed by atoms with Crippen molar-refractivity contribution < 1.29 is 4.39 Å². The highest BCUT2D eigenvalue weighted by Crippen LogP contribution is 2.09. The quantitative estimate of drug-likeness (QED) is 0.813. The second-order valence-electron chi connectivity index (χ2n) is 3.42. The summed E-state index contributed by atoms with van der Waals surface area (Å²) in [6.07, 6.45) is 1.57. The molecule has 4 nitrogen and oxygen atoms in total. The molecule has 0 atom stereocenters. The fraction of sp³-hybridized carbons (Fsp3) is 0.182. The molecule has 1 heterocycles. The average molecular weight is 221 g/mol. The fourth-order valence-electron chi connectivity index (χ4n) is 1.54. The van der Waals surface area contributed by atoms with Crippen LogP contribution in [0.1, 0.15) is 5.56 Å². The van der Waals surface area contributed by atoms with E-state index in [0.717, 1.165) is 0 Å². The van der Waals surface area contributed by atoms with Gasteiger partial charge in [-0.1, -0.05) is 12.1 Å². The first kappa shape index (κ1) is 10.6. The summed E-state index contributed by atoms with van der Waals surface area (Å²) in [5, 5.41) is 5.62. The summed E-state index contributed by atoms with van der Waals surface area (Å²) >= 11 is 0. The Morgan fingerprint density at radius 1 is 1.44 bits per heavy atom. The van der Waals surface area contributed by atoms with Crippen LogP contribution in [0.3, 0.4) is 0 Å². The number of nitrogens with zero attached hydrogens (tertiary/aromatic N) is 1. The van der Waals surface area contributed by atoms with E-state index in [4.69, 9.17) is 0 Å². The van der Waals surface area contributed by atoms with E-state index in [1.807, 2.05) is 0 Å². The number of hydrogen-bond donors (Lipinski definition) is 2. The lowest BCUT2D eigenvalue weighted by atomic mass is 10.3. The van der Waals surface area contributed by atoms with Crippen LogP contribution < -0.4 is 10.9 Å². The lowest BCUT2D eigenvalue weighted by Gasteiger charge is -2.01. The number of halogens is 1. The average Bonchev–Trinajstić information content (AvgIpc) is 2.62. The Bertz CT molecular complexity index is 544. The maximum absolute atomic E-state index is 13.5. The zero-order valence-electron chi connectivity index (χ0n) is 8.83. The highest BCUT2D eigenvalue weighted by Gasteiger charge is 2.09. The van der Waals surface area contributed by atoms with E-state index < -0.39 is 5.82 Å². The monoisotopic (exact) mass is 221 g/mol. The van der Waals surface area contributed by atoms with Crippen molar-refractivity contribution in [3.8, 4) is 5.69 Å². The van der Waals surface area contributed by atoms with Crippen LogP contribution in [-0.4, -0.2) is 16.8 Å². The maximum Gasteiger partial charge on any atom is 0.275 e. The third-order valence-corrected chi connectivity index (χ3v) is 2.31. The molecule has 2 aromatic rings. The van der Waals surface area contributed by atoms with Gasteiger partial charge in [0.1, 0.15) is 11.5 Å². The maximum atomic E-state index is 13.5. The zero-order valence-corrected chi connectivity index (χ0v) is 8.83. The number of aromatic amines is 1. The van der Waals surface area contributed by atoms with Gasteiger partial charge in [0.25, 0.3) is 5.56 Å². The van der Waals surface area contributed by atoms with Crippen LogP contribution in [0.5, 0.6) is 0 Å². The van der Waals surface area contributed by atoms with Gasteiger partial charge in [0.15, 0.2) is 0 Å². The summed E-state index contributed by atoms with van der Waals surface area (Å²) in [4.78, 5) is 11.8. The van der Waals surface area contributed by atoms with Crippen molar-refractivity contribution in [1.29, 1.82) is 0 Å². The van der Waals surface area contributed by atoms with Crippen LogP contribution in [0, 0.1) is 5.82 Å². The molecule has 0 bridgehead atoms. The molecule has 84 valence electrons. The molecule has 2 N–H and O–H groups in total. The lowest BCUT2D eigenvalue weighted by Crippen LogP contribution is -2.21. The molecule has 0 fully saturated rings. The molecule has 0 amide bonds. The van der Waals surface area contributed by atoms with E-state index in [1.165, 1.54) is 10.7 Å². The van der Waals surface area contributed by atoms with Crippen LogP contribution in [0.25, 0.3) is 5.69 Å². The van der Waals surface area contributed by atoms with Crippen LogP contribution >= 0.6 is 0 Å². The molecular formula is C11H12FN3O. The predicted molar refractivity (Wildman–Crippen MR) is 59.1 cm³/mol. The molecule has 0 aliphatic rings. The second kappa shape index (κ2) is 4.32. The molecule has 0 unspecified atom stereocenters. The third-order valence-electron chi connectivity index (χ3n) is 2.31. The molecule has 0 aliphatic heterocycles. The summed E-state index contributed by atoms with van der Waals surface area (Å²) in [7, 11) is 1.75. The summed E-state index contributed by atoms with van der Waals surface area (Å²) in [6.45, 7) is 0.455. The van der Waals surface area contributed by atoms with Gasteiger partial charge in [-0.2, -0.15) is 0 Å². The highest BCUT2D eigenvalue weighted by molar-refractivity contribution is 5.32. The Kier molecular flexibility index (Phi) is 2.87. The number of aromatic nitrogens is 2. The molecule has 0 saturated heterocycles. The third kappa shape index (κ3) is 1.77. The van der Waals surface area contributed by atoms with Gasteiger partial charge in [0, 0.05) is 12.7 Å². The van der Waals surface area contributed by atoms with Crippen molar-refractivity contribution >= 4 is 0 Å². The zero-order chi connectivity index (χ0) is 11.5. The van der Waals surface area contributed by atoms with Gasteiger partial charge in [-0.15, -0.1) is 0 Å². The summed E-state index contributed by atoms with van der Waals surface area (Å²) in [5.41, 5.74) is 0.569. The standard InChI is InChI=1S/C11H12FN3O/c1-13-6-8-7-14-15(11(8)16)10-5-3-2-4-9(10)12/h2-5,7,13-14H,6H2,1H3. The number of hydrogen-bond acceptors (Lipinski definition) is 2. The summed E-state index contributed by atoms with van der Waals surface area (Å²) in [6, 6.07) is 6.14. The largest absolute Gasteiger partial charge is 0.315 e. The van der Waals surface area contributed by atoms with Gasteiger partial charge < -0.3 is 5.32 Å². The van der Waals surface area contributed by atoms with Crippen molar-refractivity contribution in [1.82, 2.24) is 15.1 Å². The topological polar surface area (TPSA) is 49.8 Å². The van der Waals surface area contributed by atoms with Gasteiger partial charge in [-0.25, -0.2) is 9.07 Å². The number of rotatable bonds is 3. The molecule has 0 radical (unpaired) electrons. The van der Waals surface area contributed by atoms with Gasteiger partial charge in [-0.3, -0.25) is 9.89 Å². The van der Waals surface area contributed by atoms with Crippen LogP contribution in [0.2, 0.25) is 0 Å². The molecule has 16 heavy (non-hydrogen) atoms. The number of benzene rings is 1. The lowest BCUT2D eigenvalue weighted by molar-refractivity contribution is 0.608. The van der Waals surface area contributed by atoms with Crippen LogP contribution in [-0.2, 0) is 6.54 Å². The van der Waals surface area contributed by atoms with Crippen molar-refractivity contribution in [3.63, 3.8) is 0 Å². The molecule has 2 rings (SSSR count). The van der Waals surface area contributed by atoms with Crippen LogP contribution in [0.15, 0.2) is 35.3 Å². The van der Waals surface area contributed by atoms with E-state index >= 15 is 0 Å². The Hall–Kier alpha value is -1.88. The van der Waals surface area contributed by atoms with Gasteiger partial charge in [0.05, 0.1) is 5.56 Å². The first-order valence-corrected chi connectivity index (χ1v) is 4.93. The minimum Gasteiger partial charge on any atom is -0.315 e. The first-order valence-electron chi connectivity index (χ1n) is 4.93. The van der Waals surface area contributed by atoms with Gasteiger partial charge in [-0.05, 0) is 19.2 Å². The Morgan fingerprint density at radius 2 is 2.19 bits per heavy atom. The van der Waals surface area contributed by atoms with E-state index in [2.05, 4.69) is 10.4 Å². The van der Waals surface area contributed by atoms with Crippen molar-refractivity contribution in [3.05, 3.63) is 52.2 Å². The van der Waals surface area contributed by atoms with E-state index in [9.17, 15) is 9.18 Å². The normalized spacial score (nSPS) is 10.6. The SMILES string of the molecule is CNCc1c[nH]n(-c2ccccc2F)c1=O. The molecule has 1 aromatic heterocycles. The van der Waals surface area contributed by atoms with E-state index in [-0.39, 0.29) is 11.2 Å². The van der Waals surface area contributed by atoms with Crippen molar-refractivity contribution in [2.75, 3.05) is 7.05 Å². The second-order valence-corrected chi connectivity index (χ2v) is 3.42. The Balaban J connectivity index is 2.50. The number of nitrogens with one attached hydrogen (secondary N) is 2. The fourth-order valence-corrected chi connectivity index (χ4v) is 1.54. The summed E-state index contributed by atoms with van der Waals surface area (Å²) in [5.74, 6) is -0.428. The summed E-state index contributed by atoms with van der Waals surface area (Å²) < 4.78 is 14.7. The highest BCUT2D eigenvalue weighted by atomic mass is 19.1. The minimum absolute atomic E-state index is 0.231. The Morgan fingerprint density at radius 3 is 2.88 bits per heavy atom. The molecule has 1 aromatic carbocycles. The van der Waals surface area contributed by atoms with E-state index in [1.54, 1.807) is 31.4 Å². The predicted octanol–water partition coefficient (Wildman–Crippen LogP) is 1.02. The van der Waals surface area contributed by atoms with E-state index in [0.29, 0.717) is 12.1 Å². The van der Waals surface area contributed by atoms with Gasteiger partial charge in [0.2, 0.25) is 0 Å². The van der Waals surface area contributed by atoms with Crippen LogP contribution in [0.4, 0.5) is 4.39 Å². The Labute approximate surface area is 91.7 Å². The number of H-pyrrole nitrogens is 1. The molecule has 0 aliphatic carbocycles. The minimum atomic E-state index is -0.428. The molecule has 0 spiro atoms. The van der Waals surface area contributed by atoms with Gasteiger partial charge >= 0.3 is 0 Å². The molecular weight excluding hydrogens is 209 g/mol. The smallest absolute Gasteiger partial charge is 0.275 e. The first-order chi connectivity index (χ1) is 7.74. The molecule has 0 saturated carbocycles. The van der Waals surface area contributed by atoms with Crippen molar-refractivity contribution in [2.45, 2.75) is 6.54 Å². The molecule has 5 heteroatoms. The number of para-hydroxylation sites is 1. The van der Waals surface area contributed by atoms with Crippen molar-refractivity contribution in [2.24, 2.45) is 0 Å².